The maximum absolute atomic E-state index is 12.1. The Morgan fingerprint density at radius 2 is 1.94 bits per heavy atom. The van der Waals surface area contributed by atoms with E-state index in [4.69, 9.17) is 0 Å². The number of hydrogen-bond acceptors (Lipinski definition) is 3. The van der Waals surface area contributed by atoms with Crippen LogP contribution in [0.1, 0.15) is 51.9 Å². The third kappa shape index (κ3) is 3.93. The van der Waals surface area contributed by atoms with Crippen molar-refractivity contribution in [2.24, 2.45) is 0 Å². The van der Waals surface area contributed by atoms with Crippen LogP contribution in [-0.4, -0.2) is 32.3 Å². The van der Waals surface area contributed by atoms with Gasteiger partial charge in [0.1, 0.15) is 0 Å². The fraction of sp³-hybridized carbons (Fsp3) is 1.00. The molecule has 4 nitrogen and oxygen atoms in total. The lowest BCUT2D eigenvalue weighted by Crippen LogP contribution is -2.49. The molecule has 1 aliphatic carbocycles. The Kier molecular flexibility index (Phi) is 4.10. The Morgan fingerprint density at radius 1 is 1.24 bits per heavy atom. The average Bonchev–Trinajstić information content (AvgIpc) is 2.64. The smallest absolute Gasteiger partial charge is 0.213 e. The summed E-state index contributed by atoms with van der Waals surface area (Å²) in [5.41, 5.74) is -0.187. The molecule has 0 radical (unpaired) electrons. The van der Waals surface area contributed by atoms with E-state index in [-0.39, 0.29) is 17.3 Å². The second-order valence-corrected chi connectivity index (χ2v) is 7.57. The molecule has 1 saturated carbocycles. The molecule has 0 bridgehead atoms. The molecular formula is C12H24N2O2S. The molecule has 1 aliphatic heterocycles. The van der Waals surface area contributed by atoms with Crippen LogP contribution in [0.5, 0.6) is 0 Å². The molecule has 0 amide bonds. The summed E-state index contributed by atoms with van der Waals surface area (Å²) >= 11 is 0. The van der Waals surface area contributed by atoms with Gasteiger partial charge in [-0.1, -0.05) is 19.3 Å². The van der Waals surface area contributed by atoms with Crippen LogP contribution in [0, 0.1) is 0 Å². The van der Waals surface area contributed by atoms with Crippen molar-refractivity contribution in [1.29, 1.82) is 0 Å². The summed E-state index contributed by atoms with van der Waals surface area (Å²) in [5.74, 6) is 0.239. The molecule has 2 aliphatic rings. The van der Waals surface area contributed by atoms with Gasteiger partial charge in [0.2, 0.25) is 10.0 Å². The first-order chi connectivity index (χ1) is 7.99. The van der Waals surface area contributed by atoms with Gasteiger partial charge in [-0.25, -0.2) is 13.1 Å². The molecule has 1 saturated heterocycles. The average molecular weight is 260 g/mol. The Labute approximate surface area is 105 Å². The number of piperidine rings is 1. The number of rotatable bonds is 4. The summed E-state index contributed by atoms with van der Waals surface area (Å²) in [6.07, 6.45) is 7.53. The molecule has 0 aromatic heterocycles. The van der Waals surface area contributed by atoms with Gasteiger partial charge in [0.25, 0.3) is 0 Å². The van der Waals surface area contributed by atoms with E-state index in [1.807, 2.05) is 6.92 Å². The molecule has 1 unspecified atom stereocenters. The van der Waals surface area contributed by atoms with Gasteiger partial charge in [0.15, 0.2) is 0 Å². The summed E-state index contributed by atoms with van der Waals surface area (Å²) in [6.45, 7) is 2.99. The van der Waals surface area contributed by atoms with Gasteiger partial charge in [-0.15, -0.1) is 0 Å². The predicted octanol–water partition coefficient (Wildman–Crippen LogP) is 1.38. The summed E-state index contributed by atoms with van der Waals surface area (Å²) in [5, 5.41) is 3.29. The van der Waals surface area contributed by atoms with Crippen molar-refractivity contribution in [2.75, 3.05) is 12.3 Å². The van der Waals surface area contributed by atoms with E-state index in [0.29, 0.717) is 0 Å². The van der Waals surface area contributed by atoms with Crippen molar-refractivity contribution in [2.45, 2.75) is 63.5 Å². The summed E-state index contributed by atoms with van der Waals surface area (Å²) in [6, 6.07) is 0.145. The van der Waals surface area contributed by atoms with E-state index >= 15 is 0 Å². The van der Waals surface area contributed by atoms with Crippen molar-refractivity contribution < 1.29 is 8.42 Å². The van der Waals surface area contributed by atoms with Gasteiger partial charge in [-0.2, -0.15) is 0 Å². The van der Waals surface area contributed by atoms with Crippen molar-refractivity contribution in [3.8, 4) is 0 Å². The fourth-order valence-electron chi connectivity index (χ4n) is 3.01. The van der Waals surface area contributed by atoms with Crippen LogP contribution in [0.4, 0.5) is 0 Å². The van der Waals surface area contributed by atoms with E-state index in [2.05, 4.69) is 10.0 Å². The maximum atomic E-state index is 12.1. The van der Waals surface area contributed by atoms with E-state index in [9.17, 15) is 8.42 Å². The second kappa shape index (κ2) is 5.24. The van der Waals surface area contributed by atoms with Crippen LogP contribution < -0.4 is 10.0 Å². The van der Waals surface area contributed by atoms with Crippen LogP contribution in [0.2, 0.25) is 0 Å². The molecule has 2 fully saturated rings. The second-order valence-electron chi connectivity index (χ2n) is 5.80. The SMILES string of the molecule is CC1(NS(=O)(=O)CC2CCCCN2)CCCC1. The van der Waals surface area contributed by atoms with Gasteiger partial charge in [-0.05, 0) is 39.2 Å². The molecule has 100 valence electrons. The lowest BCUT2D eigenvalue weighted by molar-refractivity contribution is 0.405. The lowest BCUT2D eigenvalue weighted by Gasteiger charge is -2.28. The lowest BCUT2D eigenvalue weighted by atomic mass is 10.0. The van der Waals surface area contributed by atoms with Gasteiger partial charge >= 0.3 is 0 Å². The molecule has 1 atom stereocenters. The van der Waals surface area contributed by atoms with Gasteiger partial charge in [0, 0.05) is 11.6 Å². The predicted molar refractivity (Wildman–Crippen MR) is 69.4 cm³/mol. The normalized spacial score (nSPS) is 29.4. The number of sulfonamides is 1. The monoisotopic (exact) mass is 260 g/mol. The van der Waals surface area contributed by atoms with Crippen molar-refractivity contribution in [1.82, 2.24) is 10.0 Å². The summed E-state index contributed by atoms with van der Waals surface area (Å²) in [4.78, 5) is 0. The number of nitrogens with one attached hydrogen (secondary N) is 2. The van der Waals surface area contributed by atoms with Crippen LogP contribution in [0.15, 0.2) is 0 Å². The molecule has 0 aromatic rings. The third-order valence-corrected chi connectivity index (χ3v) is 5.59. The fourth-order valence-corrected chi connectivity index (χ4v) is 4.86. The Balaban J connectivity index is 1.89. The molecule has 17 heavy (non-hydrogen) atoms. The van der Waals surface area contributed by atoms with E-state index < -0.39 is 10.0 Å². The topological polar surface area (TPSA) is 58.2 Å². The molecule has 1 heterocycles. The highest BCUT2D eigenvalue weighted by molar-refractivity contribution is 7.89. The summed E-state index contributed by atoms with van der Waals surface area (Å²) < 4.78 is 27.1. The molecule has 0 aromatic carbocycles. The zero-order valence-electron chi connectivity index (χ0n) is 10.7. The largest absolute Gasteiger partial charge is 0.313 e. The first kappa shape index (κ1) is 13.3. The molecule has 2 rings (SSSR count). The zero-order chi connectivity index (χ0) is 12.4. The molecule has 2 N–H and O–H groups in total. The molecule has 0 spiro atoms. The molecule has 5 heteroatoms. The minimum absolute atomic E-state index is 0.145. The summed E-state index contributed by atoms with van der Waals surface area (Å²) in [7, 11) is -3.14. The van der Waals surface area contributed by atoms with Crippen molar-refractivity contribution in [3.63, 3.8) is 0 Å². The standard InChI is InChI=1S/C12H24N2O2S/c1-12(7-3-4-8-12)14-17(15,16)10-11-6-2-5-9-13-11/h11,13-14H,2-10H2,1H3. The van der Waals surface area contributed by atoms with Gasteiger partial charge < -0.3 is 5.32 Å². The highest BCUT2D eigenvalue weighted by Crippen LogP contribution is 2.29. The Morgan fingerprint density at radius 3 is 2.53 bits per heavy atom. The van der Waals surface area contributed by atoms with E-state index in [1.165, 1.54) is 6.42 Å². The number of hydrogen-bond donors (Lipinski definition) is 2. The van der Waals surface area contributed by atoms with Crippen molar-refractivity contribution in [3.05, 3.63) is 0 Å². The van der Waals surface area contributed by atoms with Crippen LogP contribution in [-0.2, 0) is 10.0 Å². The van der Waals surface area contributed by atoms with Crippen LogP contribution in [0.3, 0.4) is 0 Å². The first-order valence-corrected chi connectivity index (χ1v) is 8.39. The maximum Gasteiger partial charge on any atom is 0.213 e. The van der Waals surface area contributed by atoms with Crippen LogP contribution in [0.25, 0.3) is 0 Å². The minimum Gasteiger partial charge on any atom is -0.313 e. The zero-order valence-corrected chi connectivity index (χ0v) is 11.5. The highest BCUT2D eigenvalue weighted by Gasteiger charge is 2.33. The minimum atomic E-state index is -3.14. The third-order valence-electron chi connectivity index (χ3n) is 3.94. The van der Waals surface area contributed by atoms with E-state index in [0.717, 1.165) is 45.1 Å². The van der Waals surface area contributed by atoms with E-state index in [1.54, 1.807) is 0 Å². The van der Waals surface area contributed by atoms with Crippen LogP contribution >= 0.6 is 0 Å². The van der Waals surface area contributed by atoms with Gasteiger partial charge in [-0.3, -0.25) is 0 Å². The Bertz CT molecular complexity index is 342. The Hall–Kier alpha value is -0.130. The van der Waals surface area contributed by atoms with Gasteiger partial charge in [0.05, 0.1) is 5.75 Å². The quantitative estimate of drug-likeness (QED) is 0.803. The first-order valence-electron chi connectivity index (χ1n) is 6.74. The highest BCUT2D eigenvalue weighted by atomic mass is 32.2. The molecular weight excluding hydrogens is 236 g/mol. The van der Waals surface area contributed by atoms with Crippen molar-refractivity contribution >= 4 is 10.0 Å².